The summed E-state index contributed by atoms with van der Waals surface area (Å²) in [6.07, 6.45) is 2.52. The van der Waals surface area contributed by atoms with Crippen molar-refractivity contribution in [3.63, 3.8) is 0 Å². The molecule has 0 radical (unpaired) electrons. The zero-order valence-electron chi connectivity index (χ0n) is 10.8. The fraction of sp³-hybridized carbons (Fsp3) is 0.267. The van der Waals surface area contributed by atoms with Gasteiger partial charge in [-0.15, -0.1) is 11.3 Å². The summed E-state index contributed by atoms with van der Waals surface area (Å²) < 4.78 is 3.71. The molecule has 1 fully saturated rings. The molecule has 5 heteroatoms. The maximum atomic E-state index is 5.74. The summed E-state index contributed by atoms with van der Waals surface area (Å²) in [5.41, 5.74) is 10.4. The maximum Gasteiger partial charge on any atom is 0.142 e. The fourth-order valence-corrected chi connectivity index (χ4v) is 3.93. The average molecular weight is 395 g/mol. The summed E-state index contributed by atoms with van der Waals surface area (Å²) in [6, 6.07) is 9.24. The van der Waals surface area contributed by atoms with E-state index in [2.05, 4.69) is 56.8 Å². The van der Waals surface area contributed by atoms with Crippen LogP contribution >= 0.6 is 33.9 Å². The van der Waals surface area contributed by atoms with E-state index in [1.54, 1.807) is 11.3 Å². The largest absolute Gasteiger partial charge is 0.326 e. The van der Waals surface area contributed by atoms with Crippen LogP contribution in [-0.4, -0.2) is 9.55 Å². The Bertz CT molecular complexity index is 786. The Kier molecular flexibility index (Phi) is 3.08. The molecule has 2 aromatic heterocycles. The quantitative estimate of drug-likeness (QED) is 0.677. The Morgan fingerprint density at radius 2 is 2.20 bits per heavy atom. The first-order valence-corrected chi connectivity index (χ1v) is 8.67. The predicted octanol–water partition coefficient (Wildman–Crippen LogP) is 4.16. The third-order valence-corrected chi connectivity index (χ3v) is 5.52. The van der Waals surface area contributed by atoms with Gasteiger partial charge in [0.05, 0.1) is 13.9 Å². The van der Waals surface area contributed by atoms with E-state index in [9.17, 15) is 0 Å². The first kappa shape index (κ1) is 12.8. The van der Waals surface area contributed by atoms with Gasteiger partial charge < -0.3 is 10.3 Å². The number of rotatable bonds is 3. The SMILES string of the molecule is NCc1ccc2c(c1)nc(-c1csc(I)c1)n2C1CC1. The Morgan fingerprint density at radius 1 is 1.35 bits per heavy atom. The third kappa shape index (κ3) is 2.08. The number of imidazole rings is 1. The number of hydrogen-bond donors (Lipinski definition) is 1. The number of nitrogens with zero attached hydrogens (tertiary/aromatic N) is 2. The van der Waals surface area contributed by atoms with E-state index in [0.717, 1.165) is 16.9 Å². The molecule has 4 rings (SSSR count). The lowest BCUT2D eigenvalue weighted by Crippen LogP contribution is -1.97. The standard InChI is InChI=1S/C15H14IN3S/c16-14-6-10(8-20-14)15-18-12-5-9(7-17)1-4-13(12)19(15)11-2-3-11/h1,4-6,8,11H,2-3,7,17H2. The molecule has 3 nitrogen and oxygen atoms in total. The molecule has 0 unspecified atom stereocenters. The first-order valence-electron chi connectivity index (χ1n) is 6.71. The molecule has 1 aliphatic rings. The van der Waals surface area contributed by atoms with Gasteiger partial charge in [0.15, 0.2) is 0 Å². The monoisotopic (exact) mass is 395 g/mol. The molecule has 2 N–H and O–H groups in total. The van der Waals surface area contributed by atoms with E-state index in [0.29, 0.717) is 12.6 Å². The Morgan fingerprint density at radius 3 is 2.85 bits per heavy atom. The second-order valence-corrected chi connectivity index (χ2v) is 8.01. The van der Waals surface area contributed by atoms with Gasteiger partial charge in [-0.25, -0.2) is 4.98 Å². The van der Waals surface area contributed by atoms with E-state index < -0.39 is 0 Å². The second kappa shape index (κ2) is 4.82. The van der Waals surface area contributed by atoms with Crippen LogP contribution in [0.3, 0.4) is 0 Å². The number of benzene rings is 1. The number of halogens is 1. The number of fused-ring (bicyclic) bond motifs is 1. The van der Waals surface area contributed by atoms with Gasteiger partial charge in [0.2, 0.25) is 0 Å². The topological polar surface area (TPSA) is 43.8 Å². The molecule has 2 heterocycles. The van der Waals surface area contributed by atoms with Crippen molar-refractivity contribution in [2.45, 2.75) is 25.4 Å². The summed E-state index contributed by atoms with van der Waals surface area (Å²) in [4.78, 5) is 4.88. The number of aromatic nitrogens is 2. The number of nitrogens with two attached hydrogens (primary N) is 1. The van der Waals surface area contributed by atoms with E-state index in [1.807, 2.05) is 0 Å². The van der Waals surface area contributed by atoms with Gasteiger partial charge in [0.1, 0.15) is 5.82 Å². The molecule has 0 atom stereocenters. The first-order chi connectivity index (χ1) is 9.76. The Hall–Kier alpha value is -0.920. The van der Waals surface area contributed by atoms with Crippen molar-refractivity contribution in [2.24, 2.45) is 5.73 Å². The van der Waals surface area contributed by atoms with Crippen LogP contribution in [0.15, 0.2) is 29.6 Å². The summed E-state index contributed by atoms with van der Waals surface area (Å²) in [6.45, 7) is 0.567. The Labute approximate surface area is 135 Å². The molecule has 0 aliphatic heterocycles. The van der Waals surface area contributed by atoms with Crippen molar-refractivity contribution in [3.8, 4) is 11.4 Å². The van der Waals surface area contributed by atoms with Gasteiger partial charge in [-0.1, -0.05) is 6.07 Å². The minimum absolute atomic E-state index is 0.567. The molecule has 1 aliphatic carbocycles. The van der Waals surface area contributed by atoms with Crippen molar-refractivity contribution in [3.05, 3.63) is 38.1 Å². The van der Waals surface area contributed by atoms with Crippen LogP contribution in [0.4, 0.5) is 0 Å². The lowest BCUT2D eigenvalue weighted by atomic mass is 10.2. The van der Waals surface area contributed by atoms with E-state index in [1.165, 1.54) is 26.8 Å². The van der Waals surface area contributed by atoms with Crippen LogP contribution in [0.5, 0.6) is 0 Å². The fourth-order valence-electron chi connectivity index (χ4n) is 2.60. The summed E-state index contributed by atoms with van der Waals surface area (Å²) in [5, 5.41) is 2.20. The molecule has 3 aromatic rings. The van der Waals surface area contributed by atoms with Crippen LogP contribution < -0.4 is 5.73 Å². The smallest absolute Gasteiger partial charge is 0.142 e. The van der Waals surface area contributed by atoms with E-state index in [-0.39, 0.29) is 0 Å². The molecule has 1 saturated carbocycles. The van der Waals surface area contributed by atoms with Gasteiger partial charge in [-0.3, -0.25) is 0 Å². The average Bonchev–Trinajstić information content (AvgIpc) is 3.09. The van der Waals surface area contributed by atoms with Gasteiger partial charge in [0, 0.05) is 23.5 Å². The lowest BCUT2D eigenvalue weighted by Gasteiger charge is -2.06. The van der Waals surface area contributed by atoms with Gasteiger partial charge in [-0.2, -0.15) is 0 Å². The normalized spacial score (nSPS) is 15.1. The minimum Gasteiger partial charge on any atom is -0.326 e. The van der Waals surface area contributed by atoms with Crippen molar-refractivity contribution >= 4 is 45.0 Å². The highest BCUT2D eigenvalue weighted by Crippen LogP contribution is 2.42. The van der Waals surface area contributed by atoms with Crippen molar-refractivity contribution in [1.82, 2.24) is 9.55 Å². The van der Waals surface area contributed by atoms with Gasteiger partial charge in [0.25, 0.3) is 0 Å². The van der Waals surface area contributed by atoms with Crippen molar-refractivity contribution < 1.29 is 0 Å². The van der Waals surface area contributed by atoms with Crippen LogP contribution in [0.1, 0.15) is 24.4 Å². The highest BCUT2D eigenvalue weighted by Gasteiger charge is 2.28. The zero-order valence-corrected chi connectivity index (χ0v) is 13.8. The molecule has 1 aromatic carbocycles. The molecule has 0 amide bonds. The molecule has 0 bridgehead atoms. The Balaban J connectivity index is 1.96. The predicted molar refractivity (Wildman–Crippen MR) is 91.9 cm³/mol. The molecule has 0 saturated heterocycles. The molecule has 102 valence electrons. The number of thiophene rings is 1. The summed E-state index contributed by atoms with van der Waals surface area (Å²) >= 11 is 4.14. The van der Waals surface area contributed by atoms with Crippen LogP contribution in [0, 0.1) is 2.88 Å². The van der Waals surface area contributed by atoms with Crippen LogP contribution in [0.2, 0.25) is 0 Å². The van der Waals surface area contributed by atoms with Crippen LogP contribution in [0.25, 0.3) is 22.4 Å². The highest BCUT2D eigenvalue weighted by atomic mass is 127. The number of hydrogen-bond acceptors (Lipinski definition) is 3. The van der Waals surface area contributed by atoms with Crippen molar-refractivity contribution in [2.75, 3.05) is 0 Å². The molecule has 0 spiro atoms. The highest BCUT2D eigenvalue weighted by molar-refractivity contribution is 14.1. The zero-order chi connectivity index (χ0) is 13.7. The van der Waals surface area contributed by atoms with Crippen molar-refractivity contribution in [1.29, 1.82) is 0 Å². The van der Waals surface area contributed by atoms with Gasteiger partial charge in [-0.05, 0) is 59.2 Å². The minimum atomic E-state index is 0.567. The maximum absolute atomic E-state index is 5.74. The third-order valence-electron chi connectivity index (χ3n) is 3.73. The second-order valence-electron chi connectivity index (χ2n) is 5.20. The summed E-state index contributed by atoms with van der Waals surface area (Å²) in [5.74, 6) is 1.11. The van der Waals surface area contributed by atoms with E-state index >= 15 is 0 Å². The summed E-state index contributed by atoms with van der Waals surface area (Å²) in [7, 11) is 0. The molecular formula is C15H14IN3S. The lowest BCUT2D eigenvalue weighted by molar-refractivity contribution is 0.775. The molecular weight excluding hydrogens is 381 g/mol. The molecule has 20 heavy (non-hydrogen) atoms. The van der Waals surface area contributed by atoms with Gasteiger partial charge >= 0.3 is 0 Å². The van der Waals surface area contributed by atoms with E-state index in [4.69, 9.17) is 10.7 Å². The van der Waals surface area contributed by atoms with Crippen LogP contribution in [-0.2, 0) is 6.54 Å².